The first-order valence-corrected chi connectivity index (χ1v) is 7.93. The van der Waals surface area contributed by atoms with Crippen LogP contribution in [0.4, 0.5) is 5.69 Å². The van der Waals surface area contributed by atoms with E-state index >= 15 is 0 Å². The summed E-state index contributed by atoms with van der Waals surface area (Å²) in [6.07, 6.45) is 2.40. The Kier molecular flexibility index (Phi) is 4.34. The molecule has 7 nitrogen and oxygen atoms in total. The summed E-state index contributed by atoms with van der Waals surface area (Å²) in [7, 11) is 1.58. The van der Waals surface area contributed by atoms with Crippen molar-refractivity contribution in [3.63, 3.8) is 0 Å². The van der Waals surface area contributed by atoms with Gasteiger partial charge in [0.1, 0.15) is 17.3 Å². The Morgan fingerprint density at radius 3 is 2.72 bits per heavy atom. The molecule has 3 rings (SSSR count). The summed E-state index contributed by atoms with van der Waals surface area (Å²) >= 11 is 0. The predicted octanol–water partition coefficient (Wildman–Crippen LogP) is 3.39. The highest BCUT2D eigenvalue weighted by atomic mass is 16.6. The van der Waals surface area contributed by atoms with Crippen molar-refractivity contribution in [3.05, 3.63) is 51.3 Å². The van der Waals surface area contributed by atoms with Gasteiger partial charge in [-0.25, -0.2) is 0 Å². The normalized spacial score (nSPS) is 22.4. The Morgan fingerprint density at radius 2 is 2.12 bits per heavy atom. The number of benzene rings is 1. The van der Waals surface area contributed by atoms with Crippen LogP contribution in [0.3, 0.4) is 0 Å². The van der Waals surface area contributed by atoms with E-state index in [1.54, 1.807) is 13.2 Å². The van der Waals surface area contributed by atoms with Gasteiger partial charge in [0, 0.05) is 43.7 Å². The van der Waals surface area contributed by atoms with Crippen molar-refractivity contribution in [2.75, 3.05) is 13.7 Å². The zero-order chi connectivity index (χ0) is 18.2. The maximum atomic E-state index is 11.5. The number of hydrogen-bond donors (Lipinski definition) is 0. The summed E-state index contributed by atoms with van der Waals surface area (Å²) in [4.78, 5) is 22.1. The van der Waals surface area contributed by atoms with Gasteiger partial charge in [-0.3, -0.25) is 14.9 Å². The lowest BCUT2D eigenvalue weighted by Crippen LogP contribution is -2.41. The quantitative estimate of drug-likeness (QED) is 0.600. The third-order valence-electron chi connectivity index (χ3n) is 4.48. The minimum atomic E-state index is -0.767. The summed E-state index contributed by atoms with van der Waals surface area (Å²) < 4.78 is 17.3. The molecule has 0 aromatic heterocycles. The molecule has 1 aliphatic heterocycles. The van der Waals surface area contributed by atoms with Crippen molar-refractivity contribution in [1.29, 1.82) is 0 Å². The highest BCUT2D eigenvalue weighted by molar-refractivity contribution is 5.92. The largest absolute Gasteiger partial charge is 0.480 e. The maximum Gasteiger partial charge on any atom is 0.270 e. The molecule has 0 N–H and O–H groups in total. The van der Waals surface area contributed by atoms with Gasteiger partial charge in [-0.15, -0.1) is 0 Å². The van der Waals surface area contributed by atoms with Crippen molar-refractivity contribution in [2.24, 2.45) is 0 Å². The summed E-state index contributed by atoms with van der Waals surface area (Å²) in [6.45, 7) is 4.00. The van der Waals surface area contributed by atoms with E-state index in [1.165, 1.54) is 18.2 Å². The van der Waals surface area contributed by atoms with E-state index in [9.17, 15) is 14.9 Å². The standard InChI is InChI=1S/C18H19NO6/c1-11-17(24-14-6-5-13(20)9-14)15-8-12(19(21)22)4-7-16(15)25-18(11,2)10-23-3/h4,7-9H,5-6,10H2,1-3H3. The molecule has 25 heavy (non-hydrogen) atoms. The molecule has 0 radical (unpaired) electrons. The zero-order valence-electron chi connectivity index (χ0n) is 14.3. The molecule has 1 unspecified atom stereocenters. The highest BCUT2D eigenvalue weighted by Gasteiger charge is 2.39. The van der Waals surface area contributed by atoms with E-state index in [0.29, 0.717) is 42.3 Å². The lowest BCUT2D eigenvalue weighted by atomic mass is 9.90. The van der Waals surface area contributed by atoms with E-state index in [-0.39, 0.29) is 11.5 Å². The van der Waals surface area contributed by atoms with Crippen LogP contribution in [0.5, 0.6) is 5.75 Å². The Bertz CT molecular complexity index is 810. The van der Waals surface area contributed by atoms with Crippen LogP contribution in [-0.2, 0) is 14.3 Å². The van der Waals surface area contributed by atoms with Gasteiger partial charge in [-0.1, -0.05) is 0 Å². The highest BCUT2D eigenvalue weighted by Crippen LogP contribution is 2.44. The Balaban J connectivity index is 2.11. The summed E-state index contributed by atoms with van der Waals surface area (Å²) in [5, 5.41) is 11.1. The van der Waals surface area contributed by atoms with Crippen LogP contribution in [0.15, 0.2) is 35.6 Å². The van der Waals surface area contributed by atoms with Crippen LogP contribution < -0.4 is 4.74 Å². The molecule has 0 saturated heterocycles. The molecule has 1 aromatic carbocycles. The van der Waals surface area contributed by atoms with Gasteiger partial charge in [-0.05, 0) is 19.9 Å². The van der Waals surface area contributed by atoms with Crippen LogP contribution in [0.25, 0.3) is 5.76 Å². The first-order chi connectivity index (χ1) is 11.8. The molecule has 0 spiro atoms. The number of hydrogen-bond acceptors (Lipinski definition) is 6. The second kappa shape index (κ2) is 6.33. The molecule has 132 valence electrons. The van der Waals surface area contributed by atoms with Crippen molar-refractivity contribution in [2.45, 2.75) is 32.3 Å². The van der Waals surface area contributed by atoms with Gasteiger partial charge in [0.2, 0.25) is 0 Å². The molecular formula is C18H19NO6. The van der Waals surface area contributed by atoms with Gasteiger partial charge >= 0.3 is 0 Å². The lowest BCUT2D eigenvalue weighted by molar-refractivity contribution is -0.384. The number of rotatable bonds is 5. The number of carbonyl (C=O) groups is 1. The minimum Gasteiger partial charge on any atom is -0.480 e. The Hall–Kier alpha value is -2.67. The van der Waals surface area contributed by atoms with E-state index in [1.807, 2.05) is 13.8 Å². The molecular weight excluding hydrogens is 326 g/mol. The molecule has 2 aliphatic rings. The topological polar surface area (TPSA) is 87.9 Å². The molecule has 1 aliphatic carbocycles. The van der Waals surface area contributed by atoms with Gasteiger partial charge < -0.3 is 14.2 Å². The van der Waals surface area contributed by atoms with Crippen LogP contribution in [0.2, 0.25) is 0 Å². The fraction of sp³-hybridized carbons (Fsp3) is 0.389. The number of ketones is 1. The molecule has 7 heteroatoms. The summed E-state index contributed by atoms with van der Waals surface area (Å²) in [6, 6.07) is 4.38. The van der Waals surface area contributed by atoms with Gasteiger partial charge in [0.05, 0.1) is 17.1 Å². The number of carbonyl (C=O) groups excluding carboxylic acids is 1. The van der Waals surface area contributed by atoms with E-state index in [2.05, 4.69) is 0 Å². The smallest absolute Gasteiger partial charge is 0.270 e. The molecule has 1 heterocycles. The first kappa shape index (κ1) is 17.2. The first-order valence-electron chi connectivity index (χ1n) is 7.93. The SMILES string of the molecule is COCC1(C)Oc2ccc([N+](=O)[O-])cc2C(OC2=CC(=O)CC2)=C1C. The van der Waals surface area contributed by atoms with Crippen molar-refractivity contribution in [1.82, 2.24) is 0 Å². The molecule has 1 aromatic rings. The number of nitro groups is 1. The second-order valence-corrected chi connectivity index (χ2v) is 6.34. The average molecular weight is 345 g/mol. The van der Waals surface area contributed by atoms with Crippen molar-refractivity contribution >= 4 is 17.2 Å². The van der Waals surface area contributed by atoms with Crippen molar-refractivity contribution in [3.8, 4) is 5.75 Å². The summed E-state index contributed by atoms with van der Waals surface area (Å²) in [5.74, 6) is 1.53. The molecule has 0 saturated carbocycles. The molecule has 0 fully saturated rings. The maximum absolute atomic E-state index is 11.5. The Morgan fingerprint density at radius 1 is 1.36 bits per heavy atom. The van der Waals surface area contributed by atoms with Gasteiger partial charge in [0.15, 0.2) is 11.4 Å². The predicted molar refractivity (Wildman–Crippen MR) is 90.0 cm³/mol. The number of fused-ring (bicyclic) bond motifs is 1. The van der Waals surface area contributed by atoms with E-state index in [4.69, 9.17) is 14.2 Å². The summed E-state index contributed by atoms with van der Waals surface area (Å²) in [5.41, 5.74) is 0.433. The monoisotopic (exact) mass is 345 g/mol. The van der Waals surface area contributed by atoms with E-state index in [0.717, 1.165) is 5.57 Å². The fourth-order valence-corrected chi connectivity index (χ4v) is 2.99. The minimum absolute atomic E-state index is 0.0132. The molecule has 0 bridgehead atoms. The number of methoxy groups -OCH3 is 1. The Labute approximate surface area is 145 Å². The molecule has 1 atom stereocenters. The van der Waals surface area contributed by atoms with Crippen LogP contribution in [0, 0.1) is 10.1 Å². The number of ether oxygens (including phenoxy) is 3. The lowest BCUT2D eigenvalue weighted by Gasteiger charge is -2.37. The number of nitrogens with zero attached hydrogens (tertiary/aromatic N) is 1. The van der Waals surface area contributed by atoms with Gasteiger partial charge in [-0.2, -0.15) is 0 Å². The molecule has 0 amide bonds. The number of nitro benzene ring substituents is 1. The van der Waals surface area contributed by atoms with E-state index < -0.39 is 10.5 Å². The van der Waals surface area contributed by atoms with Gasteiger partial charge in [0.25, 0.3) is 5.69 Å². The fourth-order valence-electron chi connectivity index (χ4n) is 2.99. The van der Waals surface area contributed by atoms with Crippen LogP contribution in [-0.4, -0.2) is 30.0 Å². The van der Waals surface area contributed by atoms with Crippen LogP contribution >= 0.6 is 0 Å². The number of allylic oxidation sites excluding steroid dienone is 2. The third kappa shape index (κ3) is 3.15. The number of non-ortho nitro benzene ring substituents is 1. The van der Waals surface area contributed by atoms with Crippen molar-refractivity contribution < 1.29 is 23.9 Å². The average Bonchev–Trinajstić information content (AvgIpc) is 2.97. The zero-order valence-corrected chi connectivity index (χ0v) is 14.3. The van der Waals surface area contributed by atoms with Crippen LogP contribution in [0.1, 0.15) is 32.3 Å². The third-order valence-corrected chi connectivity index (χ3v) is 4.48. The second-order valence-electron chi connectivity index (χ2n) is 6.34.